The molecule has 0 unspecified atom stereocenters. The zero-order valence-corrected chi connectivity index (χ0v) is 10.3. The molecule has 0 aliphatic carbocycles. The van der Waals surface area contributed by atoms with Crippen LogP contribution in [0.15, 0.2) is 23.1 Å². The van der Waals surface area contributed by atoms with Crippen LogP contribution in [0.4, 0.5) is 0 Å². The zero-order chi connectivity index (χ0) is 11.8. The Morgan fingerprint density at radius 1 is 1.31 bits per heavy atom. The topological polar surface area (TPSA) is 34.0 Å². The summed E-state index contributed by atoms with van der Waals surface area (Å²) in [5, 5.41) is 3.36. The smallest absolute Gasteiger partial charge is 0.250 e. The SMILES string of the molecule is CCCNCCCCn1ccc(C)cc1=O. The van der Waals surface area contributed by atoms with Gasteiger partial charge < -0.3 is 9.88 Å². The van der Waals surface area contributed by atoms with Gasteiger partial charge in [-0.3, -0.25) is 4.79 Å². The molecule has 1 rings (SSSR count). The van der Waals surface area contributed by atoms with E-state index in [1.165, 1.54) is 6.42 Å². The molecular weight excluding hydrogens is 200 g/mol. The molecule has 0 radical (unpaired) electrons. The zero-order valence-electron chi connectivity index (χ0n) is 10.3. The van der Waals surface area contributed by atoms with Crippen molar-refractivity contribution < 1.29 is 0 Å². The highest BCUT2D eigenvalue weighted by molar-refractivity contribution is 5.07. The Labute approximate surface area is 97.5 Å². The van der Waals surface area contributed by atoms with Gasteiger partial charge in [-0.1, -0.05) is 6.92 Å². The second-order valence-corrected chi connectivity index (χ2v) is 4.19. The van der Waals surface area contributed by atoms with Gasteiger partial charge in [0.05, 0.1) is 0 Å². The van der Waals surface area contributed by atoms with Gasteiger partial charge in [-0.2, -0.15) is 0 Å². The van der Waals surface area contributed by atoms with Gasteiger partial charge in [0.1, 0.15) is 0 Å². The van der Waals surface area contributed by atoms with E-state index in [-0.39, 0.29) is 5.56 Å². The van der Waals surface area contributed by atoms with Crippen molar-refractivity contribution in [2.24, 2.45) is 0 Å². The number of hydrogen-bond donors (Lipinski definition) is 1. The fourth-order valence-electron chi connectivity index (χ4n) is 1.63. The fraction of sp³-hybridized carbons (Fsp3) is 0.615. The highest BCUT2D eigenvalue weighted by Crippen LogP contribution is 1.95. The van der Waals surface area contributed by atoms with Gasteiger partial charge in [0.15, 0.2) is 0 Å². The summed E-state index contributed by atoms with van der Waals surface area (Å²) in [5.41, 5.74) is 1.15. The van der Waals surface area contributed by atoms with E-state index in [4.69, 9.17) is 0 Å². The van der Waals surface area contributed by atoms with Crippen molar-refractivity contribution in [2.45, 2.75) is 39.7 Å². The summed E-state index contributed by atoms with van der Waals surface area (Å²) < 4.78 is 1.78. The lowest BCUT2D eigenvalue weighted by Crippen LogP contribution is -2.20. The average molecular weight is 222 g/mol. The van der Waals surface area contributed by atoms with Crippen molar-refractivity contribution in [1.82, 2.24) is 9.88 Å². The molecule has 1 aromatic rings. The average Bonchev–Trinajstić information content (AvgIpc) is 2.26. The van der Waals surface area contributed by atoms with E-state index >= 15 is 0 Å². The largest absolute Gasteiger partial charge is 0.317 e. The lowest BCUT2D eigenvalue weighted by molar-refractivity contribution is 0.558. The Bertz CT molecular complexity index is 357. The molecule has 16 heavy (non-hydrogen) atoms. The highest BCUT2D eigenvalue weighted by Gasteiger charge is 1.95. The Balaban J connectivity index is 2.24. The van der Waals surface area contributed by atoms with Crippen LogP contribution in [0, 0.1) is 6.92 Å². The Morgan fingerprint density at radius 2 is 2.12 bits per heavy atom. The minimum absolute atomic E-state index is 0.113. The number of aromatic nitrogens is 1. The molecule has 0 spiro atoms. The molecule has 0 atom stereocenters. The number of unbranched alkanes of at least 4 members (excludes halogenated alkanes) is 1. The van der Waals surface area contributed by atoms with E-state index < -0.39 is 0 Å². The molecule has 3 heteroatoms. The quantitative estimate of drug-likeness (QED) is 0.715. The molecule has 90 valence electrons. The normalized spacial score (nSPS) is 10.6. The molecule has 0 amide bonds. The third kappa shape index (κ3) is 4.62. The number of nitrogens with zero attached hydrogens (tertiary/aromatic N) is 1. The van der Waals surface area contributed by atoms with Crippen LogP contribution in [0.3, 0.4) is 0 Å². The first-order chi connectivity index (χ1) is 7.74. The standard InChI is InChI=1S/C13H22N2O/c1-3-7-14-8-4-5-9-15-10-6-12(2)11-13(15)16/h6,10-11,14H,3-5,7-9H2,1-2H3. The van der Waals surface area contributed by atoms with Crippen molar-refractivity contribution in [3.05, 3.63) is 34.2 Å². The first-order valence-corrected chi connectivity index (χ1v) is 6.12. The molecule has 0 saturated heterocycles. The summed E-state index contributed by atoms with van der Waals surface area (Å²) in [5.74, 6) is 0. The van der Waals surface area contributed by atoms with Crippen molar-refractivity contribution in [2.75, 3.05) is 13.1 Å². The molecule has 0 aromatic carbocycles. The Kier molecular flexibility index (Phi) is 5.86. The van der Waals surface area contributed by atoms with Gasteiger partial charge in [-0.05, 0) is 50.9 Å². The van der Waals surface area contributed by atoms with E-state index in [0.717, 1.165) is 38.0 Å². The molecule has 0 saturated carbocycles. The summed E-state index contributed by atoms with van der Waals surface area (Å²) in [4.78, 5) is 11.6. The molecule has 0 aliphatic rings. The molecule has 1 N–H and O–H groups in total. The minimum atomic E-state index is 0.113. The van der Waals surface area contributed by atoms with Crippen LogP contribution in [-0.2, 0) is 6.54 Å². The first-order valence-electron chi connectivity index (χ1n) is 6.12. The first kappa shape index (κ1) is 13.0. The molecule has 0 aliphatic heterocycles. The van der Waals surface area contributed by atoms with Crippen LogP contribution in [-0.4, -0.2) is 17.7 Å². The van der Waals surface area contributed by atoms with E-state index in [1.54, 1.807) is 10.6 Å². The summed E-state index contributed by atoms with van der Waals surface area (Å²) in [6.45, 7) is 7.07. The number of hydrogen-bond acceptors (Lipinski definition) is 2. The predicted molar refractivity (Wildman–Crippen MR) is 67.8 cm³/mol. The predicted octanol–water partition coefficient (Wildman–Crippen LogP) is 1.94. The van der Waals surface area contributed by atoms with E-state index in [1.807, 2.05) is 19.2 Å². The number of pyridine rings is 1. The second kappa shape index (κ2) is 7.23. The molecule has 3 nitrogen and oxygen atoms in total. The van der Waals surface area contributed by atoms with Gasteiger partial charge in [0, 0.05) is 18.8 Å². The van der Waals surface area contributed by atoms with Gasteiger partial charge in [-0.25, -0.2) is 0 Å². The van der Waals surface area contributed by atoms with Crippen molar-refractivity contribution in [3.8, 4) is 0 Å². The van der Waals surface area contributed by atoms with E-state index in [0.29, 0.717) is 0 Å². The lowest BCUT2D eigenvalue weighted by Gasteiger charge is -2.06. The van der Waals surface area contributed by atoms with Crippen LogP contribution >= 0.6 is 0 Å². The van der Waals surface area contributed by atoms with Gasteiger partial charge in [0.2, 0.25) is 0 Å². The third-order valence-corrected chi connectivity index (χ3v) is 2.58. The van der Waals surface area contributed by atoms with Crippen LogP contribution < -0.4 is 10.9 Å². The van der Waals surface area contributed by atoms with Crippen LogP contribution in [0.1, 0.15) is 31.7 Å². The molecule has 1 aromatic heterocycles. The van der Waals surface area contributed by atoms with Crippen molar-refractivity contribution >= 4 is 0 Å². The summed E-state index contributed by atoms with van der Waals surface area (Å²) in [7, 11) is 0. The van der Waals surface area contributed by atoms with Gasteiger partial charge in [-0.15, -0.1) is 0 Å². The van der Waals surface area contributed by atoms with Gasteiger partial charge in [0.25, 0.3) is 5.56 Å². The van der Waals surface area contributed by atoms with Crippen LogP contribution in [0.2, 0.25) is 0 Å². The van der Waals surface area contributed by atoms with Crippen LogP contribution in [0.5, 0.6) is 0 Å². The number of rotatable bonds is 7. The van der Waals surface area contributed by atoms with Gasteiger partial charge >= 0.3 is 0 Å². The molecule has 1 heterocycles. The summed E-state index contributed by atoms with van der Waals surface area (Å²) in [6.07, 6.45) is 5.24. The third-order valence-electron chi connectivity index (χ3n) is 2.58. The van der Waals surface area contributed by atoms with Crippen molar-refractivity contribution in [1.29, 1.82) is 0 Å². The molecular formula is C13H22N2O. The number of nitrogens with one attached hydrogen (secondary N) is 1. The maximum absolute atomic E-state index is 11.6. The van der Waals surface area contributed by atoms with Crippen LogP contribution in [0.25, 0.3) is 0 Å². The van der Waals surface area contributed by atoms with E-state index in [2.05, 4.69) is 12.2 Å². The maximum atomic E-state index is 11.6. The molecule has 0 bridgehead atoms. The fourth-order valence-corrected chi connectivity index (χ4v) is 1.63. The Hall–Kier alpha value is -1.09. The highest BCUT2D eigenvalue weighted by atomic mass is 16.1. The monoisotopic (exact) mass is 222 g/mol. The summed E-state index contributed by atoms with van der Waals surface area (Å²) in [6, 6.07) is 3.67. The Morgan fingerprint density at radius 3 is 2.81 bits per heavy atom. The summed E-state index contributed by atoms with van der Waals surface area (Å²) >= 11 is 0. The van der Waals surface area contributed by atoms with E-state index in [9.17, 15) is 4.79 Å². The lowest BCUT2D eigenvalue weighted by atomic mass is 10.2. The molecule has 0 fully saturated rings. The minimum Gasteiger partial charge on any atom is -0.317 e. The van der Waals surface area contributed by atoms with Crippen molar-refractivity contribution in [3.63, 3.8) is 0 Å². The maximum Gasteiger partial charge on any atom is 0.250 e. The number of aryl methyl sites for hydroxylation is 2. The second-order valence-electron chi connectivity index (χ2n) is 4.19.